The van der Waals surface area contributed by atoms with Gasteiger partial charge >= 0.3 is 0 Å². The number of carbonyl (C=O) groups is 1. The Kier molecular flexibility index (Phi) is 3.28. The first-order valence-corrected chi connectivity index (χ1v) is 5.33. The summed E-state index contributed by atoms with van der Waals surface area (Å²) in [5.74, 6) is 0.217. The van der Waals surface area contributed by atoms with Crippen LogP contribution in [-0.4, -0.2) is 17.6 Å². The Morgan fingerprint density at radius 3 is 3.24 bits per heavy atom. The highest BCUT2D eigenvalue weighted by atomic mass is 16.5. The highest BCUT2D eigenvalue weighted by molar-refractivity contribution is 6.00. The van der Waals surface area contributed by atoms with Crippen molar-refractivity contribution in [3.63, 3.8) is 0 Å². The number of ether oxygens (including phenoxy) is 1. The van der Waals surface area contributed by atoms with Crippen LogP contribution in [0.1, 0.15) is 18.1 Å². The molecule has 2 rings (SSSR count). The van der Waals surface area contributed by atoms with E-state index in [-0.39, 0.29) is 5.91 Å². The lowest BCUT2D eigenvalue weighted by molar-refractivity contribution is -0.111. The average molecular weight is 231 g/mol. The first kappa shape index (κ1) is 11.5. The minimum absolute atomic E-state index is 0.322. The molecule has 0 aromatic heterocycles. The number of benzene rings is 1. The van der Waals surface area contributed by atoms with Gasteiger partial charge in [-0.25, -0.2) is 0 Å². The third-order valence-corrected chi connectivity index (χ3v) is 2.53. The second-order valence-electron chi connectivity index (χ2n) is 3.71. The molecule has 1 unspecified atom stereocenters. The number of hydrogen-bond acceptors (Lipinski definition) is 3. The minimum Gasteiger partial charge on any atom is -0.491 e. The second-order valence-corrected chi connectivity index (χ2v) is 3.71. The zero-order valence-electron chi connectivity index (χ0n) is 9.27. The van der Waals surface area contributed by atoms with Crippen molar-refractivity contribution >= 4 is 11.6 Å². The van der Waals surface area contributed by atoms with E-state index in [1.54, 1.807) is 18.2 Å². The lowest BCUT2D eigenvalue weighted by Gasteiger charge is -2.24. The number of para-hydroxylation sites is 1. The quantitative estimate of drug-likeness (QED) is 0.602. The maximum absolute atomic E-state index is 11.4. The Hall–Kier alpha value is -2.03. The highest BCUT2D eigenvalue weighted by Gasteiger charge is 2.21. The van der Waals surface area contributed by atoms with Gasteiger partial charge in [-0.1, -0.05) is 18.7 Å². The zero-order chi connectivity index (χ0) is 12.3. The van der Waals surface area contributed by atoms with Gasteiger partial charge in [0.1, 0.15) is 5.75 Å². The lowest BCUT2D eigenvalue weighted by atomic mass is 10.0. The number of rotatable bonds is 2. The molecule has 4 nitrogen and oxygen atoms in total. The first-order valence-electron chi connectivity index (χ1n) is 5.33. The molecule has 0 fully saturated rings. The van der Waals surface area contributed by atoms with Crippen LogP contribution in [-0.2, 0) is 4.79 Å². The predicted octanol–water partition coefficient (Wildman–Crippen LogP) is 1.78. The van der Waals surface area contributed by atoms with Crippen molar-refractivity contribution in [1.29, 1.82) is 0 Å². The SMILES string of the molecule is C=C=CC(=O)Nc1cccc2c1OCCC2O. The molecule has 4 heteroatoms. The van der Waals surface area contributed by atoms with Crippen LogP contribution in [0.5, 0.6) is 5.75 Å². The lowest BCUT2D eigenvalue weighted by Crippen LogP contribution is -2.17. The van der Waals surface area contributed by atoms with E-state index in [0.29, 0.717) is 30.0 Å². The topological polar surface area (TPSA) is 58.6 Å². The van der Waals surface area contributed by atoms with Gasteiger partial charge in [-0.05, 0) is 6.07 Å². The van der Waals surface area contributed by atoms with Crippen molar-refractivity contribution in [2.75, 3.05) is 11.9 Å². The molecule has 1 heterocycles. The number of nitrogens with one attached hydrogen (secondary N) is 1. The maximum atomic E-state index is 11.4. The molecule has 0 radical (unpaired) electrons. The number of carbonyl (C=O) groups excluding carboxylic acids is 1. The summed E-state index contributed by atoms with van der Waals surface area (Å²) >= 11 is 0. The number of aliphatic hydroxyl groups is 1. The van der Waals surface area contributed by atoms with Crippen molar-refractivity contribution in [3.8, 4) is 5.75 Å². The number of hydrogen-bond donors (Lipinski definition) is 2. The fraction of sp³-hybridized carbons (Fsp3) is 0.231. The van der Waals surface area contributed by atoms with E-state index in [2.05, 4.69) is 17.6 Å². The van der Waals surface area contributed by atoms with Gasteiger partial charge in [0.25, 0.3) is 5.91 Å². The summed E-state index contributed by atoms with van der Waals surface area (Å²) in [6.45, 7) is 3.77. The Bertz CT molecular complexity index is 489. The Labute approximate surface area is 99.2 Å². The monoisotopic (exact) mass is 231 g/mol. The fourth-order valence-electron chi connectivity index (χ4n) is 1.77. The van der Waals surface area contributed by atoms with Crippen molar-refractivity contribution in [2.24, 2.45) is 0 Å². The van der Waals surface area contributed by atoms with E-state index in [1.165, 1.54) is 6.08 Å². The molecule has 0 saturated carbocycles. The maximum Gasteiger partial charge on any atom is 0.256 e. The molecule has 88 valence electrons. The van der Waals surface area contributed by atoms with E-state index >= 15 is 0 Å². The molecule has 17 heavy (non-hydrogen) atoms. The van der Waals surface area contributed by atoms with Crippen LogP contribution in [0.3, 0.4) is 0 Å². The summed E-state index contributed by atoms with van der Waals surface area (Å²) in [5.41, 5.74) is 3.66. The Morgan fingerprint density at radius 1 is 1.65 bits per heavy atom. The van der Waals surface area contributed by atoms with Gasteiger partial charge in [-0.15, -0.1) is 5.73 Å². The van der Waals surface area contributed by atoms with Gasteiger partial charge in [0.2, 0.25) is 0 Å². The van der Waals surface area contributed by atoms with E-state index in [4.69, 9.17) is 4.74 Å². The van der Waals surface area contributed by atoms with Crippen LogP contribution in [0.2, 0.25) is 0 Å². The zero-order valence-corrected chi connectivity index (χ0v) is 9.27. The third kappa shape index (κ3) is 2.38. The van der Waals surface area contributed by atoms with Crippen LogP contribution in [0.15, 0.2) is 36.6 Å². The van der Waals surface area contributed by atoms with Crippen LogP contribution in [0.4, 0.5) is 5.69 Å². The molecule has 0 bridgehead atoms. The van der Waals surface area contributed by atoms with Gasteiger partial charge in [0.15, 0.2) is 0 Å². The molecule has 1 atom stereocenters. The Morgan fingerprint density at radius 2 is 2.47 bits per heavy atom. The van der Waals surface area contributed by atoms with Crippen molar-refractivity contribution < 1.29 is 14.6 Å². The number of aliphatic hydroxyl groups excluding tert-OH is 1. The van der Waals surface area contributed by atoms with Crippen LogP contribution in [0.25, 0.3) is 0 Å². The van der Waals surface area contributed by atoms with E-state index in [1.807, 2.05) is 0 Å². The summed E-state index contributed by atoms with van der Waals surface area (Å²) in [6, 6.07) is 5.29. The second kappa shape index (κ2) is 4.87. The molecule has 1 aromatic rings. The van der Waals surface area contributed by atoms with Crippen molar-refractivity contribution in [2.45, 2.75) is 12.5 Å². The standard InChI is InChI=1S/C13H13NO3/c1-2-4-12(16)14-10-6-3-5-9-11(15)7-8-17-13(9)10/h3-6,11,15H,1,7-8H2,(H,14,16). The molecule has 2 N–H and O–H groups in total. The predicted molar refractivity (Wildman–Crippen MR) is 63.9 cm³/mol. The van der Waals surface area contributed by atoms with E-state index in [9.17, 15) is 9.90 Å². The molecule has 0 saturated heterocycles. The molecule has 1 aliphatic heterocycles. The molecule has 1 aromatic carbocycles. The molecule has 0 aliphatic carbocycles. The average Bonchev–Trinajstić information content (AvgIpc) is 2.31. The summed E-state index contributed by atoms with van der Waals surface area (Å²) in [4.78, 5) is 11.4. The van der Waals surface area contributed by atoms with Gasteiger partial charge in [-0.3, -0.25) is 4.79 Å². The van der Waals surface area contributed by atoms with Crippen LogP contribution in [0, 0.1) is 0 Å². The normalized spacial score (nSPS) is 17.4. The summed E-state index contributed by atoms with van der Waals surface area (Å²) in [7, 11) is 0. The van der Waals surface area contributed by atoms with Gasteiger partial charge < -0.3 is 15.2 Å². The number of anilines is 1. The molecule has 1 aliphatic rings. The highest BCUT2D eigenvalue weighted by Crippen LogP contribution is 2.37. The molecule has 1 amide bonds. The third-order valence-electron chi connectivity index (χ3n) is 2.53. The number of amides is 1. The van der Waals surface area contributed by atoms with Gasteiger partial charge in [0.05, 0.1) is 18.4 Å². The van der Waals surface area contributed by atoms with Crippen molar-refractivity contribution in [1.82, 2.24) is 0 Å². The smallest absolute Gasteiger partial charge is 0.256 e. The summed E-state index contributed by atoms with van der Waals surface area (Å²) < 4.78 is 5.48. The van der Waals surface area contributed by atoms with E-state index < -0.39 is 6.10 Å². The van der Waals surface area contributed by atoms with Crippen molar-refractivity contribution in [3.05, 3.63) is 42.1 Å². The van der Waals surface area contributed by atoms with Crippen LogP contribution < -0.4 is 10.1 Å². The molecular weight excluding hydrogens is 218 g/mol. The largest absolute Gasteiger partial charge is 0.491 e. The molecule has 0 spiro atoms. The number of fused-ring (bicyclic) bond motifs is 1. The van der Waals surface area contributed by atoms with Gasteiger partial charge in [-0.2, -0.15) is 0 Å². The molecular formula is C13H13NO3. The van der Waals surface area contributed by atoms with Gasteiger partial charge in [0, 0.05) is 18.1 Å². The van der Waals surface area contributed by atoms with E-state index in [0.717, 1.165) is 0 Å². The minimum atomic E-state index is -0.537. The van der Waals surface area contributed by atoms with Crippen LogP contribution >= 0.6 is 0 Å². The summed E-state index contributed by atoms with van der Waals surface area (Å²) in [6.07, 6.45) is 1.24. The fourth-order valence-corrected chi connectivity index (χ4v) is 1.77. The summed E-state index contributed by atoms with van der Waals surface area (Å²) in [5, 5.41) is 12.5. The Balaban J connectivity index is 2.32. The first-order chi connectivity index (χ1) is 8.22.